The van der Waals surface area contributed by atoms with Crippen LogP contribution in [0.25, 0.3) is 0 Å². The fourth-order valence-electron chi connectivity index (χ4n) is 2.29. The molecule has 2 rings (SSSR count). The van der Waals surface area contributed by atoms with E-state index < -0.39 is 17.7 Å². The van der Waals surface area contributed by atoms with Gasteiger partial charge in [-0.25, -0.2) is 8.78 Å². The Morgan fingerprint density at radius 3 is 2.65 bits per heavy atom. The summed E-state index contributed by atoms with van der Waals surface area (Å²) in [5.41, 5.74) is 2.13. The standard InChI is InChI=1S/C15H18F2N2O/c1-3-19-13(6-10(2)18-19)9-14(20)7-11-4-5-12(16)8-15(11)17/h4-6,8,14,20H,3,7,9H2,1-2H3. The molecule has 108 valence electrons. The van der Waals surface area contributed by atoms with E-state index in [2.05, 4.69) is 5.10 Å². The third-order valence-electron chi connectivity index (χ3n) is 3.20. The van der Waals surface area contributed by atoms with Gasteiger partial charge < -0.3 is 5.11 Å². The number of nitrogens with zero attached hydrogens (tertiary/aromatic N) is 2. The summed E-state index contributed by atoms with van der Waals surface area (Å²) in [5.74, 6) is -1.23. The van der Waals surface area contributed by atoms with Crippen LogP contribution in [0.4, 0.5) is 8.78 Å². The molecule has 0 radical (unpaired) electrons. The molecule has 0 spiro atoms. The van der Waals surface area contributed by atoms with E-state index in [1.165, 1.54) is 12.1 Å². The van der Waals surface area contributed by atoms with Crippen LogP contribution in [-0.2, 0) is 19.4 Å². The van der Waals surface area contributed by atoms with Gasteiger partial charge in [-0.05, 0) is 31.5 Å². The van der Waals surface area contributed by atoms with Crippen LogP contribution in [0.3, 0.4) is 0 Å². The van der Waals surface area contributed by atoms with E-state index in [4.69, 9.17) is 0 Å². The van der Waals surface area contributed by atoms with Crippen LogP contribution in [0.2, 0.25) is 0 Å². The molecule has 1 unspecified atom stereocenters. The van der Waals surface area contributed by atoms with E-state index >= 15 is 0 Å². The molecule has 0 aliphatic carbocycles. The molecular formula is C15H18F2N2O. The average molecular weight is 280 g/mol. The molecule has 1 aromatic carbocycles. The number of rotatable bonds is 5. The van der Waals surface area contributed by atoms with Crippen molar-refractivity contribution in [2.75, 3.05) is 0 Å². The summed E-state index contributed by atoms with van der Waals surface area (Å²) in [6.07, 6.45) is -0.178. The second-order valence-corrected chi connectivity index (χ2v) is 4.89. The largest absolute Gasteiger partial charge is 0.392 e. The van der Waals surface area contributed by atoms with E-state index in [1.54, 1.807) is 0 Å². The van der Waals surface area contributed by atoms with Crippen molar-refractivity contribution < 1.29 is 13.9 Å². The minimum Gasteiger partial charge on any atom is -0.392 e. The lowest BCUT2D eigenvalue weighted by atomic mass is 10.0. The number of halogens is 2. The first-order valence-electron chi connectivity index (χ1n) is 6.65. The summed E-state index contributed by atoms with van der Waals surface area (Å²) in [7, 11) is 0. The lowest BCUT2D eigenvalue weighted by Gasteiger charge is -2.12. The first-order valence-corrected chi connectivity index (χ1v) is 6.65. The molecule has 1 N–H and O–H groups in total. The van der Waals surface area contributed by atoms with Crippen molar-refractivity contribution in [2.24, 2.45) is 0 Å². The number of hydrogen-bond donors (Lipinski definition) is 1. The van der Waals surface area contributed by atoms with Crippen LogP contribution < -0.4 is 0 Å². The Labute approximate surface area is 116 Å². The van der Waals surface area contributed by atoms with E-state index in [0.29, 0.717) is 12.0 Å². The minimum atomic E-state index is -0.726. The Morgan fingerprint density at radius 2 is 2.00 bits per heavy atom. The van der Waals surface area contributed by atoms with E-state index in [0.717, 1.165) is 24.0 Å². The zero-order valence-corrected chi connectivity index (χ0v) is 11.6. The molecule has 0 fully saturated rings. The molecule has 3 nitrogen and oxygen atoms in total. The van der Waals surface area contributed by atoms with Gasteiger partial charge in [0.25, 0.3) is 0 Å². The highest BCUT2D eigenvalue weighted by Crippen LogP contribution is 2.14. The summed E-state index contributed by atoms with van der Waals surface area (Å²) < 4.78 is 28.2. The van der Waals surface area contributed by atoms with Gasteiger partial charge in [0, 0.05) is 31.1 Å². The Hall–Kier alpha value is -1.75. The van der Waals surface area contributed by atoms with E-state index in [9.17, 15) is 13.9 Å². The average Bonchev–Trinajstić information content (AvgIpc) is 2.73. The summed E-state index contributed by atoms with van der Waals surface area (Å²) in [6, 6.07) is 5.32. The lowest BCUT2D eigenvalue weighted by molar-refractivity contribution is 0.171. The van der Waals surface area contributed by atoms with Gasteiger partial charge in [0.1, 0.15) is 11.6 Å². The molecule has 0 aliphatic heterocycles. The zero-order chi connectivity index (χ0) is 14.7. The first-order chi connectivity index (χ1) is 9.49. The van der Waals surface area contributed by atoms with Gasteiger partial charge in [-0.3, -0.25) is 4.68 Å². The van der Waals surface area contributed by atoms with Crippen molar-refractivity contribution in [1.29, 1.82) is 0 Å². The van der Waals surface area contributed by atoms with Crippen molar-refractivity contribution in [1.82, 2.24) is 9.78 Å². The molecule has 0 bridgehead atoms. The number of aliphatic hydroxyl groups is 1. The van der Waals surface area contributed by atoms with E-state index in [1.807, 2.05) is 24.6 Å². The number of benzene rings is 1. The summed E-state index contributed by atoms with van der Waals surface area (Å²) >= 11 is 0. The topological polar surface area (TPSA) is 38.0 Å². The number of aliphatic hydroxyl groups excluding tert-OH is 1. The number of aryl methyl sites for hydroxylation is 2. The molecule has 0 amide bonds. The quantitative estimate of drug-likeness (QED) is 0.914. The summed E-state index contributed by atoms with van der Waals surface area (Å²) in [4.78, 5) is 0. The molecule has 2 aromatic rings. The summed E-state index contributed by atoms with van der Waals surface area (Å²) in [5, 5.41) is 14.4. The highest BCUT2D eigenvalue weighted by atomic mass is 19.1. The molecular weight excluding hydrogens is 262 g/mol. The van der Waals surface area contributed by atoms with Gasteiger partial charge in [0.15, 0.2) is 0 Å². The molecule has 0 saturated heterocycles. The maximum absolute atomic E-state index is 13.5. The highest BCUT2D eigenvalue weighted by molar-refractivity contribution is 5.20. The molecule has 0 aliphatic rings. The Kier molecular flexibility index (Phi) is 4.49. The molecule has 5 heteroatoms. The second kappa shape index (κ2) is 6.13. The zero-order valence-electron chi connectivity index (χ0n) is 11.6. The van der Waals surface area contributed by atoms with Crippen LogP contribution in [-0.4, -0.2) is 21.0 Å². The molecule has 20 heavy (non-hydrogen) atoms. The fraction of sp³-hybridized carbons (Fsp3) is 0.400. The predicted molar refractivity (Wildman–Crippen MR) is 72.4 cm³/mol. The van der Waals surface area contributed by atoms with Gasteiger partial charge in [-0.15, -0.1) is 0 Å². The van der Waals surface area contributed by atoms with Crippen LogP contribution >= 0.6 is 0 Å². The number of hydrogen-bond acceptors (Lipinski definition) is 2. The smallest absolute Gasteiger partial charge is 0.129 e. The second-order valence-electron chi connectivity index (χ2n) is 4.89. The maximum Gasteiger partial charge on any atom is 0.129 e. The van der Waals surface area contributed by atoms with Gasteiger partial charge in [-0.2, -0.15) is 5.10 Å². The Balaban J connectivity index is 2.06. The monoisotopic (exact) mass is 280 g/mol. The van der Waals surface area contributed by atoms with Crippen LogP contribution in [0.5, 0.6) is 0 Å². The Bertz CT molecular complexity index is 596. The molecule has 0 saturated carbocycles. The first kappa shape index (κ1) is 14.7. The third-order valence-corrected chi connectivity index (χ3v) is 3.20. The van der Waals surface area contributed by atoms with Gasteiger partial charge in [-0.1, -0.05) is 6.07 Å². The minimum absolute atomic E-state index is 0.153. The van der Waals surface area contributed by atoms with Crippen molar-refractivity contribution in [3.8, 4) is 0 Å². The van der Waals surface area contributed by atoms with Crippen molar-refractivity contribution in [3.63, 3.8) is 0 Å². The van der Waals surface area contributed by atoms with E-state index in [-0.39, 0.29) is 6.42 Å². The highest BCUT2D eigenvalue weighted by Gasteiger charge is 2.14. The number of aromatic nitrogens is 2. The SMILES string of the molecule is CCn1nc(C)cc1CC(O)Cc1ccc(F)cc1F. The molecule has 1 atom stereocenters. The third kappa shape index (κ3) is 3.42. The normalized spacial score (nSPS) is 12.7. The fourth-order valence-corrected chi connectivity index (χ4v) is 2.29. The van der Waals surface area contributed by atoms with Crippen LogP contribution in [0.15, 0.2) is 24.3 Å². The molecule has 1 heterocycles. The van der Waals surface area contributed by atoms with Gasteiger partial charge in [0.05, 0.1) is 11.8 Å². The maximum atomic E-state index is 13.5. The van der Waals surface area contributed by atoms with Crippen molar-refractivity contribution in [2.45, 2.75) is 39.3 Å². The Morgan fingerprint density at radius 1 is 1.25 bits per heavy atom. The van der Waals surface area contributed by atoms with Crippen molar-refractivity contribution in [3.05, 3.63) is 52.9 Å². The van der Waals surface area contributed by atoms with Gasteiger partial charge in [0.2, 0.25) is 0 Å². The van der Waals surface area contributed by atoms with Crippen LogP contribution in [0, 0.1) is 18.6 Å². The van der Waals surface area contributed by atoms with Crippen LogP contribution in [0.1, 0.15) is 23.9 Å². The predicted octanol–water partition coefficient (Wildman–Crippen LogP) is 2.64. The molecule has 1 aromatic heterocycles. The summed E-state index contributed by atoms with van der Waals surface area (Å²) in [6.45, 7) is 4.59. The lowest BCUT2D eigenvalue weighted by Crippen LogP contribution is -2.17. The van der Waals surface area contributed by atoms with Gasteiger partial charge >= 0.3 is 0 Å². The van der Waals surface area contributed by atoms with Crippen molar-refractivity contribution >= 4 is 0 Å².